The zero-order valence-corrected chi connectivity index (χ0v) is 18.1. The molecule has 1 aliphatic rings. The Morgan fingerprint density at radius 2 is 1.94 bits per heavy atom. The van der Waals surface area contributed by atoms with Crippen molar-refractivity contribution in [1.82, 2.24) is 20.1 Å². The van der Waals surface area contributed by atoms with E-state index in [9.17, 15) is 13.6 Å². The van der Waals surface area contributed by atoms with Crippen LogP contribution in [0.2, 0.25) is 0 Å². The summed E-state index contributed by atoms with van der Waals surface area (Å²) in [6.45, 7) is 3.04. The predicted octanol–water partition coefficient (Wildman–Crippen LogP) is 4.43. The second-order valence-electron chi connectivity index (χ2n) is 8.04. The standard InChI is InChI=1S/C23H24F3N5O2/c1-2-3-11-30-14-23(26,15-30)22(32)31(18-7-5-4-6-8-18)13-17-10-9-16(12-27-17)20-28-29-21(33-20)19(24)25/h4-10,12,19H,2-3,11,13-15H2,1H3. The van der Waals surface area contributed by atoms with Crippen molar-refractivity contribution in [2.75, 3.05) is 24.5 Å². The zero-order chi connectivity index (χ0) is 23.4. The molecule has 174 valence electrons. The fourth-order valence-corrected chi connectivity index (χ4v) is 3.71. The molecule has 0 spiro atoms. The van der Waals surface area contributed by atoms with Gasteiger partial charge in [-0.2, -0.15) is 8.78 Å². The Morgan fingerprint density at radius 1 is 1.18 bits per heavy atom. The lowest BCUT2D eigenvalue weighted by atomic mass is 9.93. The van der Waals surface area contributed by atoms with E-state index in [0.717, 1.165) is 19.4 Å². The Hall–Kier alpha value is -3.27. The van der Waals surface area contributed by atoms with Gasteiger partial charge in [0.15, 0.2) is 0 Å². The van der Waals surface area contributed by atoms with E-state index >= 15 is 4.39 Å². The number of para-hydroxylation sites is 1. The number of rotatable bonds is 9. The number of carbonyl (C=O) groups is 1. The van der Waals surface area contributed by atoms with Gasteiger partial charge in [-0.3, -0.25) is 14.7 Å². The lowest BCUT2D eigenvalue weighted by Gasteiger charge is -2.45. The average Bonchev–Trinajstić information content (AvgIpc) is 3.31. The SMILES string of the molecule is CCCCN1CC(F)(C(=O)N(Cc2ccc(-c3nnc(C(F)F)o3)cn2)c2ccccc2)C1. The number of carbonyl (C=O) groups excluding carboxylic acids is 1. The van der Waals surface area contributed by atoms with Gasteiger partial charge in [-0.05, 0) is 37.2 Å². The third-order valence-corrected chi connectivity index (χ3v) is 5.49. The molecule has 0 atom stereocenters. The van der Waals surface area contributed by atoms with Gasteiger partial charge in [0.2, 0.25) is 11.6 Å². The van der Waals surface area contributed by atoms with Crippen LogP contribution < -0.4 is 4.90 Å². The van der Waals surface area contributed by atoms with Crippen molar-refractivity contribution in [1.29, 1.82) is 0 Å². The maximum Gasteiger partial charge on any atom is 0.314 e. The van der Waals surface area contributed by atoms with Crippen LogP contribution in [0, 0.1) is 0 Å². The monoisotopic (exact) mass is 459 g/mol. The van der Waals surface area contributed by atoms with Gasteiger partial charge in [0.1, 0.15) is 0 Å². The predicted molar refractivity (Wildman–Crippen MR) is 115 cm³/mol. The molecule has 0 radical (unpaired) electrons. The van der Waals surface area contributed by atoms with Crippen molar-refractivity contribution in [3.63, 3.8) is 0 Å². The summed E-state index contributed by atoms with van der Waals surface area (Å²) in [6, 6.07) is 12.1. The molecule has 0 unspecified atom stereocenters. The van der Waals surface area contributed by atoms with Crippen molar-refractivity contribution in [3.05, 3.63) is 60.2 Å². The molecule has 1 saturated heterocycles. The van der Waals surface area contributed by atoms with Gasteiger partial charge in [-0.15, -0.1) is 10.2 Å². The number of likely N-dealkylation sites (tertiary alicyclic amines) is 1. The minimum Gasteiger partial charge on any atom is -0.415 e. The van der Waals surface area contributed by atoms with E-state index in [0.29, 0.717) is 16.9 Å². The van der Waals surface area contributed by atoms with E-state index in [1.54, 1.807) is 36.4 Å². The first-order valence-corrected chi connectivity index (χ1v) is 10.7. The molecule has 0 aliphatic carbocycles. The number of unbranched alkanes of at least 4 members (excludes halogenated alkanes) is 1. The summed E-state index contributed by atoms with van der Waals surface area (Å²) < 4.78 is 45.7. The van der Waals surface area contributed by atoms with Crippen LogP contribution in [0.4, 0.5) is 18.9 Å². The summed E-state index contributed by atoms with van der Waals surface area (Å²) in [6.07, 6.45) is 0.504. The van der Waals surface area contributed by atoms with Gasteiger partial charge in [0.25, 0.3) is 11.8 Å². The first-order valence-electron chi connectivity index (χ1n) is 10.7. The summed E-state index contributed by atoms with van der Waals surface area (Å²) in [5.74, 6) is -1.45. The number of hydrogen-bond acceptors (Lipinski definition) is 6. The third kappa shape index (κ3) is 5.05. The summed E-state index contributed by atoms with van der Waals surface area (Å²) in [5, 5.41) is 6.90. The van der Waals surface area contributed by atoms with Crippen LogP contribution in [0.3, 0.4) is 0 Å². The Balaban J connectivity index is 1.51. The maximum atomic E-state index is 15.4. The topological polar surface area (TPSA) is 75.4 Å². The number of pyridine rings is 1. The normalized spacial score (nSPS) is 15.4. The number of halogens is 3. The average molecular weight is 459 g/mol. The molecule has 3 heterocycles. The highest BCUT2D eigenvalue weighted by Crippen LogP contribution is 2.31. The van der Waals surface area contributed by atoms with Crippen LogP contribution in [0.15, 0.2) is 53.1 Å². The molecular weight excluding hydrogens is 435 g/mol. The molecule has 0 N–H and O–H groups in total. The fourth-order valence-electron chi connectivity index (χ4n) is 3.71. The summed E-state index contributed by atoms with van der Waals surface area (Å²) in [7, 11) is 0. The molecule has 10 heteroatoms. The van der Waals surface area contributed by atoms with Crippen molar-refractivity contribution in [3.8, 4) is 11.5 Å². The highest BCUT2D eigenvalue weighted by Gasteiger charge is 2.51. The highest BCUT2D eigenvalue weighted by molar-refractivity contribution is 6.00. The zero-order valence-electron chi connectivity index (χ0n) is 18.1. The Bertz CT molecular complexity index is 1070. The fraction of sp³-hybridized carbons (Fsp3) is 0.391. The van der Waals surface area contributed by atoms with Crippen LogP contribution in [0.25, 0.3) is 11.5 Å². The number of alkyl halides is 3. The minimum atomic E-state index is -2.86. The van der Waals surface area contributed by atoms with E-state index in [-0.39, 0.29) is 25.5 Å². The second-order valence-corrected chi connectivity index (χ2v) is 8.04. The summed E-state index contributed by atoms with van der Waals surface area (Å²) in [4.78, 5) is 20.8. The lowest BCUT2D eigenvalue weighted by molar-refractivity contribution is -0.142. The molecule has 1 amide bonds. The lowest BCUT2D eigenvalue weighted by Crippen LogP contribution is -2.66. The van der Waals surface area contributed by atoms with E-state index in [1.165, 1.54) is 11.1 Å². The number of amides is 1. The van der Waals surface area contributed by atoms with Gasteiger partial charge < -0.3 is 9.32 Å². The molecule has 1 aromatic carbocycles. The van der Waals surface area contributed by atoms with E-state index in [1.807, 2.05) is 11.0 Å². The quantitative estimate of drug-likeness (QED) is 0.471. The largest absolute Gasteiger partial charge is 0.415 e. The Labute approximate surface area is 189 Å². The molecule has 0 saturated carbocycles. The number of nitrogens with zero attached hydrogens (tertiary/aromatic N) is 5. The van der Waals surface area contributed by atoms with Gasteiger partial charge in [0.05, 0.1) is 17.8 Å². The van der Waals surface area contributed by atoms with Gasteiger partial charge in [0, 0.05) is 25.0 Å². The molecule has 33 heavy (non-hydrogen) atoms. The second kappa shape index (κ2) is 9.70. The van der Waals surface area contributed by atoms with Crippen LogP contribution in [-0.4, -0.2) is 51.3 Å². The number of benzene rings is 1. The molecule has 1 aliphatic heterocycles. The first-order chi connectivity index (χ1) is 15.9. The van der Waals surface area contributed by atoms with E-state index < -0.39 is 23.9 Å². The molecule has 4 rings (SSSR count). The van der Waals surface area contributed by atoms with Crippen LogP contribution in [-0.2, 0) is 11.3 Å². The number of aromatic nitrogens is 3. The minimum absolute atomic E-state index is 0.0515. The summed E-state index contributed by atoms with van der Waals surface area (Å²) >= 11 is 0. The summed E-state index contributed by atoms with van der Waals surface area (Å²) in [5.41, 5.74) is -0.520. The van der Waals surface area contributed by atoms with Crippen molar-refractivity contribution >= 4 is 11.6 Å². The van der Waals surface area contributed by atoms with Crippen molar-refractivity contribution in [2.24, 2.45) is 0 Å². The Morgan fingerprint density at radius 3 is 2.55 bits per heavy atom. The molecule has 3 aromatic rings. The molecular formula is C23H24F3N5O2. The van der Waals surface area contributed by atoms with Crippen molar-refractivity contribution in [2.45, 2.75) is 38.4 Å². The highest BCUT2D eigenvalue weighted by atomic mass is 19.3. The number of anilines is 1. The van der Waals surface area contributed by atoms with E-state index in [4.69, 9.17) is 4.42 Å². The van der Waals surface area contributed by atoms with Gasteiger partial charge in [-0.25, -0.2) is 4.39 Å². The first kappa shape index (κ1) is 22.9. The van der Waals surface area contributed by atoms with Crippen LogP contribution in [0.5, 0.6) is 0 Å². The third-order valence-electron chi connectivity index (χ3n) is 5.49. The molecule has 2 aromatic heterocycles. The van der Waals surface area contributed by atoms with Crippen LogP contribution in [0.1, 0.15) is 37.8 Å². The molecule has 7 nitrogen and oxygen atoms in total. The Kier molecular flexibility index (Phi) is 6.73. The van der Waals surface area contributed by atoms with Gasteiger partial charge in [-0.1, -0.05) is 31.5 Å². The van der Waals surface area contributed by atoms with Gasteiger partial charge >= 0.3 is 6.43 Å². The van der Waals surface area contributed by atoms with Crippen LogP contribution >= 0.6 is 0 Å². The van der Waals surface area contributed by atoms with Crippen molar-refractivity contribution < 1.29 is 22.4 Å². The van der Waals surface area contributed by atoms with E-state index in [2.05, 4.69) is 22.1 Å². The maximum absolute atomic E-state index is 15.4. The smallest absolute Gasteiger partial charge is 0.314 e. The number of hydrogen-bond donors (Lipinski definition) is 0. The molecule has 1 fully saturated rings. The molecule has 0 bridgehead atoms.